The zero-order chi connectivity index (χ0) is 12.2. The van der Waals surface area contributed by atoms with Gasteiger partial charge in [0.2, 0.25) is 0 Å². The van der Waals surface area contributed by atoms with Gasteiger partial charge in [0.05, 0.1) is 0 Å². The second-order valence-electron chi connectivity index (χ2n) is 5.10. The maximum atomic E-state index is 6.94. The molecule has 0 amide bonds. The molecule has 5 heteroatoms. The SMILES string of the molecule is CC(C)(C)[NH-].CCc1cc2ccccc2[cH-]1.[CH3-].[CH3-].[Cl-].[Cl-].[Si].[Ti+2]. The number of halogens is 2. The van der Waals surface area contributed by atoms with E-state index in [2.05, 4.69) is 43.3 Å². The molecule has 1 nitrogen and oxygen atoms in total. The summed E-state index contributed by atoms with van der Waals surface area (Å²) in [6, 6.07) is 13.0. The number of fused-ring (bicyclic) bond motifs is 1. The maximum Gasteiger partial charge on any atom is 2.00 e. The molecule has 2 aromatic carbocycles. The Hall–Kier alpha value is 0.301. The maximum absolute atomic E-state index is 6.94. The van der Waals surface area contributed by atoms with Crippen molar-refractivity contribution in [2.45, 2.75) is 39.7 Å². The molecule has 2 rings (SSSR count). The van der Waals surface area contributed by atoms with Crippen LogP contribution in [0.2, 0.25) is 0 Å². The summed E-state index contributed by atoms with van der Waals surface area (Å²) in [6.07, 6.45) is 1.13. The van der Waals surface area contributed by atoms with Gasteiger partial charge in [-0.2, -0.15) is 6.07 Å². The van der Waals surface area contributed by atoms with Crippen LogP contribution in [0.3, 0.4) is 0 Å². The monoisotopic (exact) mass is 391 g/mol. The first kappa shape index (κ1) is 38.1. The van der Waals surface area contributed by atoms with Crippen LogP contribution in [0, 0.1) is 14.9 Å². The van der Waals surface area contributed by atoms with Crippen molar-refractivity contribution >= 4 is 21.7 Å². The number of aryl methyl sites for hydroxylation is 1. The van der Waals surface area contributed by atoms with Gasteiger partial charge in [-0.1, -0.05) is 33.8 Å². The molecule has 0 bridgehead atoms. The first-order valence-electron chi connectivity index (χ1n) is 5.79. The van der Waals surface area contributed by atoms with Crippen molar-refractivity contribution in [3.05, 3.63) is 62.5 Å². The molecule has 0 heterocycles. The van der Waals surface area contributed by atoms with Gasteiger partial charge in [0.15, 0.2) is 0 Å². The number of nitrogens with one attached hydrogen (secondary N) is 1. The number of benzene rings is 1. The second kappa shape index (κ2) is 17.7. The summed E-state index contributed by atoms with van der Waals surface area (Å²) < 4.78 is 0. The third-order valence-corrected chi connectivity index (χ3v) is 2.09. The van der Waals surface area contributed by atoms with Gasteiger partial charge in [0.1, 0.15) is 0 Å². The average Bonchev–Trinajstić information content (AvgIpc) is 2.57. The van der Waals surface area contributed by atoms with Crippen molar-refractivity contribution in [3.8, 4) is 0 Å². The summed E-state index contributed by atoms with van der Waals surface area (Å²) >= 11 is 0. The van der Waals surface area contributed by atoms with E-state index in [1.807, 2.05) is 20.8 Å². The van der Waals surface area contributed by atoms with E-state index in [0.29, 0.717) is 0 Å². The molecule has 0 atom stereocenters. The van der Waals surface area contributed by atoms with Crippen LogP contribution in [-0.4, -0.2) is 16.5 Å². The molecule has 0 unspecified atom stereocenters. The van der Waals surface area contributed by atoms with Crippen LogP contribution in [0.15, 0.2) is 36.4 Å². The zero-order valence-corrected chi connectivity index (χ0v) is 18.5. The van der Waals surface area contributed by atoms with E-state index in [0.717, 1.165) is 6.42 Å². The van der Waals surface area contributed by atoms with E-state index in [9.17, 15) is 0 Å². The third-order valence-electron chi connectivity index (χ3n) is 2.09. The molecule has 22 heavy (non-hydrogen) atoms. The largest absolute Gasteiger partial charge is 2.00 e. The standard InChI is InChI=1S/C11H11.C4H10N.2CH3.2ClH.Si.Ti/c1-2-9-7-10-5-3-4-6-11(10)8-9;1-4(2,3)5;;;;;;/h3-8H,2H2,1H3;5H,1-3H3;2*1H3;2*1H;;/q4*-1;;;;+2/p-2. The Morgan fingerprint density at radius 1 is 1.05 bits per heavy atom. The van der Waals surface area contributed by atoms with Crippen molar-refractivity contribution in [1.29, 1.82) is 0 Å². The van der Waals surface area contributed by atoms with E-state index in [1.165, 1.54) is 16.3 Å². The Morgan fingerprint density at radius 2 is 1.45 bits per heavy atom. The Labute approximate surface area is 169 Å². The minimum absolute atomic E-state index is 0. The third kappa shape index (κ3) is 16.7. The number of rotatable bonds is 1. The predicted molar refractivity (Wildman–Crippen MR) is 91.6 cm³/mol. The first-order valence-corrected chi connectivity index (χ1v) is 5.79. The van der Waals surface area contributed by atoms with Gasteiger partial charge in [-0.15, -0.1) is 46.1 Å². The number of hydrogen-bond acceptors (Lipinski definition) is 0. The van der Waals surface area contributed by atoms with Gasteiger partial charge in [0.25, 0.3) is 0 Å². The van der Waals surface area contributed by atoms with Crippen molar-refractivity contribution < 1.29 is 46.5 Å². The summed E-state index contributed by atoms with van der Waals surface area (Å²) in [5.74, 6) is 0. The van der Waals surface area contributed by atoms with Crippen LogP contribution in [0.5, 0.6) is 0 Å². The molecule has 0 aliphatic carbocycles. The van der Waals surface area contributed by atoms with E-state index in [-0.39, 0.29) is 77.9 Å². The molecule has 1 N–H and O–H groups in total. The smallest absolute Gasteiger partial charge is 1.00 e. The molecule has 4 radical (unpaired) electrons. The topological polar surface area (TPSA) is 23.8 Å². The molecule has 0 aliphatic heterocycles. The van der Waals surface area contributed by atoms with Crippen molar-refractivity contribution in [1.82, 2.24) is 0 Å². The van der Waals surface area contributed by atoms with Crippen LogP contribution < -0.4 is 24.8 Å². The fourth-order valence-electron chi connectivity index (χ4n) is 1.42. The van der Waals surface area contributed by atoms with Crippen molar-refractivity contribution in [3.63, 3.8) is 0 Å². The Bertz CT molecular complexity index is 414. The van der Waals surface area contributed by atoms with Crippen molar-refractivity contribution in [2.75, 3.05) is 0 Å². The van der Waals surface area contributed by atoms with Crippen molar-refractivity contribution in [2.24, 2.45) is 0 Å². The van der Waals surface area contributed by atoms with E-state index < -0.39 is 0 Å². The normalized spacial score (nSPS) is 8.05. The molecule has 0 spiro atoms. The minimum Gasteiger partial charge on any atom is -1.00 e. The van der Waals surface area contributed by atoms with Crippen LogP contribution in [0.25, 0.3) is 16.5 Å². The van der Waals surface area contributed by atoms with Crippen LogP contribution in [0.4, 0.5) is 0 Å². The molecule has 0 aliphatic rings. The summed E-state index contributed by atoms with van der Waals surface area (Å²) in [4.78, 5) is 0. The van der Waals surface area contributed by atoms with Crippen LogP contribution in [-0.2, 0) is 28.1 Å². The molecule has 0 saturated carbocycles. The summed E-state index contributed by atoms with van der Waals surface area (Å²) in [5, 5.41) is 2.73. The molecular formula is C17H27Cl2NSiTi-4. The fraction of sp³-hybridized carbons (Fsp3) is 0.353. The van der Waals surface area contributed by atoms with Gasteiger partial charge in [-0.25, -0.2) is 0 Å². The zero-order valence-electron chi connectivity index (χ0n) is 14.4. The summed E-state index contributed by atoms with van der Waals surface area (Å²) in [7, 11) is 0. The fourth-order valence-corrected chi connectivity index (χ4v) is 1.42. The summed E-state index contributed by atoms with van der Waals surface area (Å²) in [5.41, 5.74) is 8.12. The number of hydrogen-bond donors (Lipinski definition) is 0. The minimum atomic E-state index is -0.250. The van der Waals surface area contributed by atoms with Gasteiger partial charge in [-0.3, -0.25) is 0 Å². The molecule has 0 fully saturated rings. The Balaban J connectivity index is -0.0000000530. The molecule has 0 saturated heterocycles. The first-order chi connectivity index (χ1) is 7.40. The second-order valence-corrected chi connectivity index (χ2v) is 5.10. The predicted octanol–water partition coefficient (Wildman–Crippen LogP) is -0.517. The van der Waals surface area contributed by atoms with Crippen LogP contribution in [0.1, 0.15) is 33.3 Å². The Morgan fingerprint density at radius 3 is 1.82 bits per heavy atom. The van der Waals surface area contributed by atoms with E-state index in [1.54, 1.807) is 0 Å². The van der Waals surface area contributed by atoms with Gasteiger partial charge in [-0.05, 0) is 6.42 Å². The van der Waals surface area contributed by atoms with Gasteiger partial charge >= 0.3 is 21.7 Å². The van der Waals surface area contributed by atoms with Crippen LogP contribution >= 0.6 is 0 Å². The quantitative estimate of drug-likeness (QED) is 0.461. The molecule has 126 valence electrons. The molecule has 2 aromatic rings. The summed E-state index contributed by atoms with van der Waals surface area (Å²) in [6.45, 7) is 7.75. The molecular weight excluding hydrogens is 365 g/mol. The molecule has 0 aromatic heterocycles. The Kier molecular flexibility index (Phi) is 30.6. The van der Waals surface area contributed by atoms with E-state index in [4.69, 9.17) is 5.73 Å². The van der Waals surface area contributed by atoms with Gasteiger partial charge in [0, 0.05) is 11.0 Å². The van der Waals surface area contributed by atoms with E-state index >= 15 is 0 Å². The van der Waals surface area contributed by atoms with Gasteiger partial charge < -0.3 is 45.4 Å². The average molecular weight is 392 g/mol.